The van der Waals surface area contributed by atoms with Crippen LogP contribution in [0.2, 0.25) is 5.02 Å². The topological polar surface area (TPSA) is 53.3 Å². The van der Waals surface area contributed by atoms with Gasteiger partial charge in [-0.25, -0.2) is 0 Å². The lowest BCUT2D eigenvalue weighted by atomic mass is 10.2. The Labute approximate surface area is 105 Å². The second-order valence-electron chi connectivity index (χ2n) is 3.43. The van der Waals surface area contributed by atoms with Crippen LogP contribution in [0.15, 0.2) is 18.2 Å². The third-order valence-corrected chi connectivity index (χ3v) is 2.64. The summed E-state index contributed by atoms with van der Waals surface area (Å²) < 4.78 is 5.03. The van der Waals surface area contributed by atoms with Gasteiger partial charge in [0.1, 0.15) is 5.75 Å². The van der Waals surface area contributed by atoms with Crippen LogP contribution in [-0.2, 0) is 4.79 Å². The summed E-state index contributed by atoms with van der Waals surface area (Å²) in [5, 5.41) is 8.87. The predicted octanol–water partition coefficient (Wildman–Crippen LogP) is 2.62. The van der Waals surface area contributed by atoms with Gasteiger partial charge in [0.05, 0.1) is 18.2 Å². The van der Waals surface area contributed by atoms with Crippen molar-refractivity contribution in [2.45, 2.75) is 12.8 Å². The van der Waals surface area contributed by atoms with Crippen molar-refractivity contribution in [2.24, 2.45) is 0 Å². The number of methoxy groups -OCH3 is 1. The smallest absolute Gasteiger partial charge is 0.227 e. The maximum absolute atomic E-state index is 11.7. The molecule has 0 saturated heterocycles. The molecule has 0 saturated carbocycles. The van der Waals surface area contributed by atoms with Gasteiger partial charge in [-0.1, -0.05) is 11.6 Å². The van der Waals surface area contributed by atoms with Crippen LogP contribution in [0.25, 0.3) is 0 Å². The van der Waals surface area contributed by atoms with Crippen molar-refractivity contribution in [3.05, 3.63) is 23.2 Å². The summed E-state index contributed by atoms with van der Waals surface area (Å²) in [5.41, 5.74) is 0.679. The van der Waals surface area contributed by atoms with E-state index in [1.165, 1.54) is 12.0 Å². The molecular formula is C12H13ClN2O2. The number of carbonyl (C=O) groups excluding carboxylic acids is 1. The van der Waals surface area contributed by atoms with E-state index in [4.69, 9.17) is 21.6 Å². The number of hydrogen-bond acceptors (Lipinski definition) is 3. The van der Waals surface area contributed by atoms with Crippen LogP contribution in [0.5, 0.6) is 5.75 Å². The minimum Gasteiger partial charge on any atom is -0.495 e. The molecule has 1 amide bonds. The highest BCUT2D eigenvalue weighted by Gasteiger charge is 2.12. The highest BCUT2D eigenvalue weighted by atomic mass is 35.5. The number of hydrogen-bond donors (Lipinski definition) is 0. The van der Waals surface area contributed by atoms with Gasteiger partial charge in [0.2, 0.25) is 5.91 Å². The third-order valence-electron chi connectivity index (χ3n) is 2.35. The Kier molecular flexibility index (Phi) is 4.80. The molecule has 0 bridgehead atoms. The van der Waals surface area contributed by atoms with E-state index in [2.05, 4.69) is 0 Å². The molecule has 0 unspecified atom stereocenters. The normalized spacial score (nSPS) is 9.53. The van der Waals surface area contributed by atoms with E-state index >= 15 is 0 Å². The highest BCUT2D eigenvalue weighted by molar-refractivity contribution is 6.32. The largest absolute Gasteiger partial charge is 0.495 e. The van der Waals surface area contributed by atoms with E-state index in [1.807, 2.05) is 6.07 Å². The number of nitriles is 1. The maximum atomic E-state index is 11.7. The van der Waals surface area contributed by atoms with Gasteiger partial charge in [-0.2, -0.15) is 5.26 Å². The molecule has 1 aromatic rings. The monoisotopic (exact) mass is 252 g/mol. The van der Waals surface area contributed by atoms with Crippen molar-refractivity contribution in [1.82, 2.24) is 0 Å². The fourth-order valence-corrected chi connectivity index (χ4v) is 1.59. The van der Waals surface area contributed by atoms with E-state index in [0.717, 1.165) is 0 Å². The number of amides is 1. The fourth-order valence-electron chi connectivity index (χ4n) is 1.34. The van der Waals surface area contributed by atoms with Crippen molar-refractivity contribution in [3.8, 4) is 11.8 Å². The second-order valence-corrected chi connectivity index (χ2v) is 3.84. The zero-order valence-electron chi connectivity index (χ0n) is 9.74. The first kappa shape index (κ1) is 13.3. The molecule has 0 aromatic heterocycles. The van der Waals surface area contributed by atoms with Crippen LogP contribution in [0.1, 0.15) is 12.8 Å². The van der Waals surface area contributed by atoms with Gasteiger partial charge in [0.15, 0.2) is 0 Å². The zero-order valence-corrected chi connectivity index (χ0v) is 10.5. The maximum Gasteiger partial charge on any atom is 0.227 e. The van der Waals surface area contributed by atoms with E-state index in [-0.39, 0.29) is 18.7 Å². The highest BCUT2D eigenvalue weighted by Crippen LogP contribution is 2.28. The van der Waals surface area contributed by atoms with E-state index in [9.17, 15) is 4.79 Å². The summed E-state index contributed by atoms with van der Waals surface area (Å²) in [7, 11) is 3.18. The lowest BCUT2D eigenvalue weighted by Gasteiger charge is -2.17. The van der Waals surface area contributed by atoms with Crippen LogP contribution < -0.4 is 9.64 Å². The minimum absolute atomic E-state index is 0.118. The van der Waals surface area contributed by atoms with Crippen LogP contribution in [-0.4, -0.2) is 20.1 Å². The molecule has 0 aliphatic carbocycles. The van der Waals surface area contributed by atoms with Gasteiger partial charge in [-0.15, -0.1) is 0 Å². The summed E-state index contributed by atoms with van der Waals surface area (Å²) in [6, 6.07) is 7.04. The molecule has 17 heavy (non-hydrogen) atoms. The van der Waals surface area contributed by atoms with Crippen molar-refractivity contribution in [3.63, 3.8) is 0 Å². The van der Waals surface area contributed by atoms with Crippen LogP contribution in [0.3, 0.4) is 0 Å². The first-order valence-electron chi connectivity index (χ1n) is 5.07. The Morgan fingerprint density at radius 1 is 1.59 bits per heavy atom. The molecule has 90 valence electrons. The number of benzene rings is 1. The number of anilines is 1. The molecule has 0 spiro atoms. The lowest BCUT2D eigenvalue weighted by Crippen LogP contribution is -2.25. The first-order valence-corrected chi connectivity index (χ1v) is 5.45. The Morgan fingerprint density at radius 2 is 2.29 bits per heavy atom. The Hall–Kier alpha value is -1.73. The number of carbonyl (C=O) groups is 1. The molecule has 0 aliphatic rings. The van der Waals surface area contributed by atoms with E-state index in [1.54, 1.807) is 25.2 Å². The quantitative estimate of drug-likeness (QED) is 0.828. The second kappa shape index (κ2) is 6.12. The average Bonchev–Trinajstić information content (AvgIpc) is 2.34. The fraction of sp³-hybridized carbons (Fsp3) is 0.333. The van der Waals surface area contributed by atoms with Crippen LogP contribution in [0, 0.1) is 11.3 Å². The lowest BCUT2D eigenvalue weighted by molar-refractivity contribution is -0.118. The number of nitrogens with zero attached hydrogens (tertiary/aromatic N) is 2. The number of halogens is 1. The molecule has 0 aliphatic heterocycles. The van der Waals surface area contributed by atoms with E-state index < -0.39 is 0 Å². The molecule has 0 atom stereocenters. The average molecular weight is 253 g/mol. The summed E-state index contributed by atoms with van der Waals surface area (Å²) in [6.45, 7) is 0. The summed E-state index contributed by atoms with van der Waals surface area (Å²) in [4.78, 5) is 13.1. The Morgan fingerprint density at radius 3 is 2.82 bits per heavy atom. The van der Waals surface area contributed by atoms with Gasteiger partial charge in [-0.05, 0) is 18.2 Å². The zero-order chi connectivity index (χ0) is 12.8. The SMILES string of the molecule is COc1ccc(N(C)C(=O)CCC#N)cc1Cl. The van der Waals surface area contributed by atoms with Crippen LogP contribution in [0.4, 0.5) is 5.69 Å². The Balaban J connectivity index is 2.82. The molecule has 0 fully saturated rings. The minimum atomic E-state index is -0.118. The van der Waals surface area contributed by atoms with Gasteiger partial charge < -0.3 is 9.64 Å². The van der Waals surface area contributed by atoms with Crippen molar-refractivity contribution < 1.29 is 9.53 Å². The third kappa shape index (κ3) is 3.36. The molecule has 0 radical (unpaired) electrons. The standard InChI is InChI=1S/C12H13ClN2O2/c1-15(12(16)4-3-7-14)9-5-6-11(17-2)10(13)8-9/h5-6,8H,3-4H2,1-2H3. The summed E-state index contributed by atoms with van der Waals surface area (Å²) >= 11 is 5.97. The molecule has 5 heteroatoms. The molecule has 1 rings (SSSR count). The first-order chi connectivity index (χ1) is 8.10. The van der Waals surface area contributed by atoms with Gasteiger partial charge in [0, 0.05) is 25.6 Å². The van der Waals surface area contributed by atoms with E-state index in [0.29, 0.717) is 16.5 Å². The molecule has 4 nitrogen and oxygen atoms in total. The molecular weight excluding hydrogens is 240 g/mol. The van der Waals surface area contributed by atoms with Crippen molar-refractivity contribution in [2.75, 3.05) is 19.1 Å². The van der Waals surface area contributed by atoms with Crippen LogP contribution >= 0.6 is 11.6 Å². The molecule has 0 N–H and O–H groups in total. The predicted molar refractivity (Wildman–Crippen MR) is 66.3 cm³/mol. The summed E-state index contributed by atoms with van der Waals surface area (Å²) in [5.74, 6) is 0.445. The number of ether oxygens (including phenoxy) is 1. The van der Waals surface area contributed by atoms with Gasteiger partial charge in [-0.3, -0.25) is 4.79 Å². The Bertz CT molecular complexity index is 454. The number of rotatable bonds is 4. The van der Waals surface area contributed by atoms with Crippen molar-refractivity contribution >= 4 is 23.2 Å². The van der Waals surface area contributed by atoms with Gasteiger partial charge >= 0.3 is 0 Å². The molecule has 0 heterocycles. The van der Waals surface area contributed by atoms with Crippen molar-refractivity contribution in [1.29, 1.82) is 5.26 Å². The molecule has 1 aromatic carbocycles. The summed E-state index contributed by atoms with van der Waals surface area (Å²) in [6.07, 6.45) is 0.420. The van der Waals surface area contributed by atoms with Gasteiger partial charge in [0.25, 0.3) is 0 Å².